The van der Waals surface area contributed by atoms with E-state index in [1.807, 2.05) is 0 Å². The first-order valence-corrected chi connectivity index (χ1v) is 10.1. The van der Waals surface area contributed by atoms with Gasteiger partial charge in [0.1, 0.15) is 0 Å². The summed E-state index contributed by atoms with van der Waals surface area (Å²) in [5, 5.41) is 4.07. The normalized spacial score (nSPS) is 21.8. The highest BCUT2D eigenvalue weighted by Gasteiger charge is 2.27. The van der Waals surface area contributed by atoms with Gasteiger partial charge >= 0.3 is 0 Å². The molecule has 3 rings (SSSR count). The van der Waals surface area contributed by atoms with Crippen molar-refractivity contribution in [2.75, 3.05) is 45.8 Å². The lowest BCUT2D eigenvalue weighted by Gasteiger charge is -2.37. The van der Waals surface area contributed by atoms with Gasteiger partial charge in [-0.1, -0.05) is 31.8 Å². The maximum atomic E-state index is 12.6. The molecule has 3 heterocycles. The Kier molecular flexibility index (Phi) is 6.64. The number of hydrogen-bond acceptors (Lipinski definition) is 6. The van der Waals surface area contributed by atoms with Gasteiger partial charge in [0.2, 0.25) is 11.8 Å². The zero-order valence-electron chi connectivity index (χ0n) is 16.5. The molecule has 26 heavy (non-hydrogen) atoms. The number of likely N-dealkylation sites (tertiary alicyclic amines) is 1. The van der Waals surface area contributed by atoms with Gasteiger partial charge in [-0.2, -0.15) is 4.98 Å². The van der Waals surface area contributed by atoms with E-state index in [9.17, 15) is 4.79 Å². The predicted molar refractivity (Wildman–Crippen MR) is 99.9 cm³/mol. The number of nitrogens with zero attached hydrogens (tertiary/aromatic N) is 5. The Hall–Kier alpha value is -1.47. The summed E-state index contributed by atoms with van der Waals surface area (Å²) < 4.78 is 5.45. The zero-order valence-corrected chi connectivity index (χ0v) is 16.5. The molecule has 0 N–H and O–H groups in total. The number of rotatable bonds is 5. The van der Waals surface area contributed by atoms with Crippen LogP contribution in [0.1, 0.15) is 70.1 Å². The summed E-state index contributed by atoms with van der Waals surface area (Å²) in [6.45, 7) is 12.4. The molecule has 2 fully saturated rings. The van der Waals surface area contributed by atoms with Crippen LogP contribution in [0.2, 0.25) is 0 Å². The van der Waals surface area contributed by atoms with E-state index in [4.69, 9.17) is 4.52 Å². The number of piperazine rings is 1. The third-order valence-corrected chi connectivity index (χ3v) is 5.60. The van der Waals surface area contributed by atoms with Crippen molar-refractivity contribution in [1.29, 1.82) is 0 Å². The second-order valence-electron chi connectivity index (χ2n) is 7.93. The van der Waals surface area contributed by atoms with Gasteiger partial charge in [-0.3, -0.25) is 14.6 Å². The van der Waals surface area contributed by atoms with Gasteiger partial charge in [0.25, 0.3) is 0 Å². The predicted octanol–water partition coefficient (Wildman–Crippen LogP) is 2.27. The maximum absolute atomic E-state index is 12.6. The Morgan fingerprint density at radius 1 is 1.00 bits per heavy atom. The molecule has 1 atom stereocenters. The van der Waals surface area contributed by atoms with E-state index in [-0.39, 0.29) is 12.0 Å². The lowest BCUT2D eigenvalue weighted by atomic mass is 10.2. The first kappa shape index (κ1) is 19.3. The van der Waals surface area contributed by atoms with Crippen LogP contribution in [0, 0.1) is 0 Å². The summed E-state index contributed by atoms with van der Waals surface area (Å²) in [6, 6.07) is 0.124. The minimum Gasteiger partial charge on any atom is -0.342 e. The highest BCUT2D eigenvalue weighted by molar-refractivity contribution is 5.78. The molecule has 0 bridgehead atoms. The fourth-order valence-electron chi connectivity index (χ4n) is 3.73. The summed E-state index contributed by atoms with van der Waals surface area (Å²) in [5.74, 6) is 2.05. The van der Waals surface area contributed by atoms with Crippen molar-refractivity contribution < 1.29 is 9.32 Å². The van der Waals surface area contributed by atoms with Gasteiger partial charge < -0.3 is 9.42 Å². The molecule has 0 aliphatic carbocycles. The average molecular weight is 364 g/mol. The molecule has 0 aromatic carbocycles. The van der Waals surface area contributed by atoms with Gasteiger partial charge in [-0.05, 0) is 19.8 Å². The van der Waals surface area contributed by atoms with Crippen LogP contribution in [0.4, 0.5) is 0 Å². The van der Waals surface area contributed by atoms with E-state index >= 15 is 0 Å². The zero-order chi connectivity index (χ0) is 18.5. The molecule has 1 aromatic rings. The molecule has 2 saturated heterocycles. The molecule has 146 valence electrons. The van der Waals surface area contributed by atoms with Gasteiger partial charge in [0, 0.05) is 45.2 Å². The molecule has 1 aromatic heterocycles. The number of amides is 1. The van der Waals surface area contributed by atoms with Crippen LogP contribution in [0.15, 0.2) is 4.52 Å². The van der Waals surface area contributed by atoms with Crippen molar-refractivity contribution in [2.24, 2.45) is 0 Å². The number of aromatic nitrogens is 2. The van der Waals surface area contributed by atoms with E-state index in [2.05, 4.69) is 45.6 Å². The van der Waals surface area contributed by atoms with Crippen LogP contribution < -0.4 is 0 Å². The lowest BCUT2D eigenvalue weighted by molar-refractivity contribution is -0.132. The van der Waals surface area contributed by atoms with Crippen LogP contribution in [0.25, 0.3) is 0 Å². The Balaban J connectivity index is 1.46. The van der Waals surface area contributed by atoms with Crippen molar-refractivity contribution in [3.63, 3.8) is 0 Å². The molecule has 0 radical (unpaired) electrons. The SMILES string of the molecule is CC(C)c1noc(C(C)N2CCN(CC(=O)N3CCCCCC3)CC2)n1. The molecule has 7 nitrogen and oxygen atoms in total. The van der Waals surface area contributed by atoms with Crippen molar-refractivity contribution in [1.82, 2.24) is 24.8 Å². The largest absolute Gasteiger partial charge is 0.342 e. The fraction of sp³-hybridized carbons (Fsp3) is 0.842. The number of carbonyl (C=O) groups excluding carboxylic acids is 1. The summed E-state index contributed by atoms with van der Waals surface area (Å²) in [4.78, 5) is 23.8. The molecule has 0 saturated carbocycles. The average Bonchev–Trinajstić information content (AvgIpc) is 2.98. The maximum Gasteiger partial charge on any atom is 0.243 e. The van der Waals surface area contributed by atoms with Crippen molar-refractivity contribution >= 4 is 5.91 Å². The standard InChI is InChI=1S/C19H33N5O2/c1-15(2)18-20-19(26-21-18)16(3)23-12-10-22(11-13-23)14-17(25)24-8-6-4-5-7-9-24/h15-16H,4-14H2,1-3H3. The van der Waals surface area contributed by atoms with Crippen LogP contribution >= 0.6 is 0 Å². The summed E-state index contributed by atoms with van der Waals surface area (Å²) in [7, 11) is 0. The molecule has 2 aliphatic rings. The first-order valence-electron chi connectivity index (χ1n) is 10.1. The molecule has 0 spiro atoms. The van der Waals surface area contributed by atoms with E-state index < -0.39 is 0 Å². The van der Waals surface area contributed by atoms with Crippen molar-refractivity contribution in [3.8, 4) is 0 Å². The van der Waals surface area contributed by atoms with E-state index in [1.54, 1.807) is 0 Å². The minimum absolute atomic E-state index is 0.124. The summed E-state index contributed by atoms with van der Waals surface area (Å²) >= 11 is 0. The monoisotopic (exact) mass is 363 g/mol. The number of carbonyl (C=O) groups is 1. The summed E-state index contributed by atoms with van der Waals surface area (Å²) in [6.07, 6.45) is 4.82. The Labute approximate surface area is 156 Å². The Bertz CT molecular complexity index is 572. The molecule has 2 aliphatic heterocycles. The molecule has 1 unspecified atom stereocenters. The van der Waals surface area contributed by atoms with E-state index in [0.29, 0.717) is 18.3 Å². The quantitative estimate of drug-likeness (QED) is 0.800. The van der Waals surface area contributed by atoms with E-state index in [0.717, 1.165) is 57.9 Å². The van der Waals surface area contributed by atoms with Crippen LogP contribution in [-0.4, -0.2) is 76.6 Å². The van der Waals surface area contributed by atoms with E-state index in [1.165, 1.54) is 12.8 Å². The van der Waals surface area contributed by atoms with Crippen molar-refractivity contribution in [3.05, 3.63) is 11.7 Å². The smallest absolute Gasteiger partial charge is 0.243 e. The summed E-state index contributed by atoms with van der Waals surface area (Å²) in [5.41, 5.74) is 0. The minimum atomic E-state index is 0.124. The molecular formula is C19H33N5O2. The third kappa shape index (κ3) is 4.82. The lowest BCUT2D eigenvalue weighted by Crippen LogP contribution is -2.50. The first-order chi connectivity index (χ1) is 12.5. The van der Waals surface area contributed by atoms with Gasteiger partial charge in [0.15, 0.2) is 5.82 Å². The Morgan fingerprint density at radius 3 is 2.23 bits per heavy atom. The second kappa shape index (κ2) is 8.95. The highest BCUT2D eigenvalue weighted by Crippen LogP contribution is 2.22. The van der Waals surface area contributed by atoms with Crippen molar-refractivity contribution in [2.45, 2.75) is 58.4 Å². The molecule has 7 heteroatoms. The molecular weight excluding hydrogens is 330 g/mol. The van der Waals surface area contributed by atoms with Gasteiger partial charge in [0.05, 0.1) is 12.6 Å². The van der Waals surface area contributed by atoms with Crippen LogP contribution in [0.3, 0.4) is 0 Å². The van der Waals surface area contributed by atoms with Crippen LogP contribution in [0.5, 0.6) is 0 Å². The van der Waals surface area contributed by atoms with Gasteiger partial charge in [-0.15, -0.1) is 0 Å². The van der Waals surface area contributed by atoms with Crippen LogP contribution in [-0.2, 0) is 4.79 Å². The fourth-order valence-corrected chi connectivity index (χ4v) is 3.73. The number of hydrogen-bond donors (Lipinski definition) is 0. The third-order valence-electron chi connectivity index (χ3n) is 5.60. The highest BCUT2D eigenvalue weighted by atomic mass is 16.5. The Morgan fingerprint density at radius 2 is 1.65 bits per heavy atom. The second-order valence-corrected chi connectivity index (χ2v) is 7.93. The van der Waals surface area contributed by atoms with Gasteiger partial charge in [-0.25, -0.2) is 0 Å². The molecule has 1 amide bonds. The topological polar surface area (TPSA) is 65.7 Å².